The van der Waals surface area contributed by atoms with Gasteiger partial charge in [0, 0.05) is 26.2 Å². The monoisotopic (exact) mass is 524 g/mol. The molecule has 0 saturated carbocycles. The summed E-state index contributed by atoms with van der Waals surface area (Å²) in [7, 11) is -4.89. The van der Waals surface area contributed by atoms with E-state index < -0.39 is 20.0 Å². The fraction of sp³-hybridized carbons (Fsp3) is 0.520. The average molecular weight is 525 g/mol. The van der Waals surface area contributed by atoms with Gasteiger partial charge in [-0.15, -0.1) is 0 Å². The molecule has 0 amide bonds. The molecule has 1 saturated heterocycles. The molecule has 10 heteroatoms. The van der Waals surface area contributed by atoms with Crippen molar-refractivity contribution in [3.8, 4) is 11.5 Å². The van der Waals surface area contributed by atoms with Crippen LogP contribution in [0.4, 0.5) is 0 Å². The van der Waals surface area contributed by atoms with Crippen LogP contribution in [0.15, 0.2) is 46.2 Å². The molecule has 35 heavy (non-hydrogen) atoms. The predicted molar refractivity (Wildman–Crippen MR) is 136 cm³/mol. The molecule has 1 aliphatic heterocycles. The molecular weight excluding hydrogens is 488 g/mol. The van der Waals surface area contributed by atoms with Crippen molar-refractivity contribution in [1.82, 2.24) is 8.61 Å². The Labute approximate surface area is 209 Å². The van der Waals surface area contributed by atoms with E-state index in [0.717, 1.165) is 11.1 Å². The minimum absolute atomic E-state index is 0.0445. The summed E-state index contributed by atoms with van der Waals surface area (Å²) in [4.78, 5) is 0.211. The summed E-state index contributed by atoms with van der Waals surface area (Å²) in [6.07, 6.45) is 0.372. The van der Waals surface area contributed by atoms with Gasteiger partial charge in [-0.25, -0.2) is 16.8 Å². The highest BCUT2D eigenvalue weighted by Gasteiger charge is 2.34. The number of methoxy groups -OCH3 is 2. The highest BCUT2D eigenvalue weighted by atomic mass is 32.2. The quantitative estimate of drug-likeness (QED) is 0.518. The molecule has 0 spiro atoms. The number of rotatable bonds is 8. The Kier molecular flexibility index (Phi) is 8.52. The first kappa shape index (κ1) is 27.4. The maximum absolute atomic E-state index is 13.6. The van der Waals surface area contributed by atoms with Gasteiger partial charge in [0.05, 0.1) is 14.2 Å². The van der Waals surface area contributed by atoms with Crippen molar-refractivity contribution in [2.45, 2.75) is 55.7 Å². The third kappa shape index (κ3) is 5.66. The van der Waals surface area contributed by atoms with Crippen molar-refractivity contribution < 1.29 is 26.3 Å². The molecule has 1 aliphatic rings. The van der Waals surface area contributed by atoms with Crippen LogP contribution < -0.4 is 9.47 Å². The van der Waals surface area contributed by atoms with Crippen LogP contribution in [0.2, 0.25) is 0 Å². The van der Waals surface area contributed by atoms with E-state index in [-0.39, 0.29) is 59.3 Å². The fourth-order valence-corrected chi connectivity index (χ4v) is 7.46. The summed E-state index contributed by atoms with van der Waals surface area (Å²) in [5.41, 5.74) is 1.78. The van der Waals surface area contributed by atoms with Gasteiger partial charge in [0.1, 0.15) is 21.3 Å². The number of ether oxygens (including phenoxy) is 2. The van der Waals surface area contributed by atoms with Crippen LogP contribution in [0.25, 0.3) is 0 Å². The van der Waals surface area contributed by atoms with Gasteiger partial charge in [0.2, 0.25) is 20.0 Å². The number of benzene rings is 2. The molecule has 8 nitrogen and oxygen atoms in total. The van der Waals surface area contributed by atoms with Gasteiger partial charge in [0.15, 0.2) is 0 Å². The zero-order valence-electron chi connectivity index (χ0n) is 21.3. The minimum atomic E-state index is -3.89. The van der Waals surface area contributed by atoms with Gasteiger partial charge in [-0.2, -0.15) is 8.61 Å². The standard InChI is InChI=1S/C25H36N2O6S2/c1-18(2)20-8-10-22(32-5)24(16-20)34(28,29)26-12-7-13-27(15-14-26)35(30,31)25-17-21(19(3)4)9-11-23(25)33-6/h8-11,16-19H,7,12-15H2,1-6H3. The summed E-state index contributed by atoms with van der Waals surface area (Å²) in [5.74, 6) is 0.851. The summed E-state index contributed by atoms with van der Waals surface area (Å²) in [6, 6.07) is 10.4. The number of hydrogen-bond acceptors (Lipinski definition) is 6. The first-order valence-electron chi connectivity index (χ1n) is 11.8. The maximum atomic E-state index is 13.6. The van der Waals surface area contributed by atoms with Crippen molar-refractivity contribution in [3.63, 3.8) is 0 Å². The molecule has 0 aromatic heterocycles. The first-order chi connectivity index (χ1) is 16.4. The van der Waals surface area contributed by atoms with Crippen LogP contribution in [-0.2, 0) is 20.0 Å². The van der Waals surface area contributed by atoms with Gasteiger partial charge in [0.25, 0.3) is 0 Å². The molecule has 2 aromatic rings. The zero-order chi connectivity index (χ0) is 26.0. The second kappa shape index (κ2) is 10.9. The van der Waals surface area contributed by atoms with Crippen molar-refractivity contribution in [1.29, 1.82) is 0 Å². The van der Waals surface area contributed by atoms with E-state index >= 15 is 0 Å². The SMILES string of the molecule is COc1ccc(C(C)C)cc1S(=O)(=O)N1CCCN(S(=O)(=O)c2cc(C(C)C)ccc2OC)CC1. The highest BCUT2D eigenvalue weighted by molar-refractivity contribution is 7.89. The van der Waals surface area contributed by atoms with E-state index in [4.69, 9.17) is 9.47 Å². The van der Waals surface area contributed by atoms with Crippen molar-refractivity contribution in [3.05, 3.63) is 47.5 Å². The van der Waals surface area contributed by atoms with Gasteiger partial charge >= 0.3 is 0 Å². The Morgan fingerprint density at radius 1 is 0.657 bits per heavy atom. The normalized spacial score (nSPS) is 16.5. The Bertz CT molecular complexity index is 1160. The third-order valence-corrected chi connectivity index (χ3v) is 10.2. The molecule has 0 N–H and O–H groups in total. The Morgan fingerprint density at radius 3 is 1.34 bits per heavy atom. The van der Waals surface area contributed by atoms with Crippen LogP contribution in [0, 0.1) is 0 Å². The van der Waals surface area contributed by atoms with Crippen molar-refractivity contribution in [2.24, 2.45) is 0 Å². The van der Waals surface area contributed by atoms with Crippen LogP contribution in [0.1, 0.15) is 57.1 Å². The lowest BCUT2D eigenvalue weighted by Crippen LogP contribution is -2.37. The second-order valence-corrected chi connectivity index (χ2v) is 13.1. The molecule has 194 valence electrons. The van der Waals surface area contributed by atoms with Gasteiger partial charge in [-0.05, 0) is 53.6 Å². The lowest BCUT2D eigenvalue weighted by molar-refractivity contribution is 0.383. The molecular formula is C25H36N2O6S2. The molecule has 0 bridgehead atoms. The molecule has 0 aliphatic carbocycles. The lowest BCUT2D eigenvalue weighted by atomic mass is 10.0. The Balaban J connectivity index is 1.91. The van der Waals surface area contributed by atoms with Gasteiger partial charge in [-0.3, -0.25) is 0 Å². The number of hydrogen-bond donors (Lipinski definition) is 0. The zero-order valence-corrected chi connectivity index (χ0v) is 22.9. The summed E-state index contributed by atoms with van der Waals surface area (Å²) in [6.45, 7) is 8.50. The molecule has 1 heterocycles. The van der Waals surface area contributed by atoms with Crippen molar-refractivity contribution >= 4 is 20.0 Å². The van der Waals surface area contributed by atoms with E-state index in [9.17, 15) is 16.8 Å². The number of nitrogens with zero attached hydrogens (tertiary/aromatic N) is 2. The van der Waals surface area contributed by atoms with Crippen LogP contribution in [0.3, 0.4) is 0 Å². The summed E-state index contributed by atoms with van der Waals surface area (Å²) < 4.78 is 67.8. The Morgan fingerprint density at radius 2 is 1.03 bits per heavy atom. The van der Waals surface area contributed by atoms with Gasteiger partial charge < -0.3 is 9.47 Å². The van der Waals surface area contributed by atoms with E-state index in [1.807, 2.05) is 39.8 Å². The van der Waals surface area contributed by atoms with Gasteiger partial charge in [-0.1, -0.05) is 39.8 Å². The smallest absolute Gasteiger partial charge is 0.246 e. The van der Waals surface area contributed by atoms with Crippen molar-refractivity contribution in [2.75, 3.05) is 40.4 Å². The third-order valence-electron chi connectivity index (χ3n) is 6.36. The van der Waals surface area contributed by atoms with Crippen LogP contribution in [-0.4, -0.2) is 65.8 Å². The second-order valence-electron chi connectivity index (χ2n) is 9.29. The van der Waals surface area contributed by atoms with Crippen LogP contribution >= 0.6 is 0 Å². The van der Waals surface area contributed by atoms with E-state index in [1.165, 1.54) is 22.8 Å². The summed E-state index contributed by atoms with van der Waals surface area (Å²) in [5, 5.41) is 0. The number of sulfonamides is 2. The molecule has 3 rings (SSSR count). The predicted octanol–water partition coefficient (Wildman–Crippen LogP) is 4.04. The minimum Gasteiger partial charge on any atom is -0.495 e. The Hall–Kier alpha value is -2.14. The fourth-order valence-electron chi connectivity index (χ4n) is 4.14. The maximum Gasteiger partial charge on any atom is 0.246 e. The lowest BCUT2D eigenvalue weighted by Gasteiger charge is -2.24. The summed E-state index contributed by atoms with van der Waals surface area (Å²) >= 11 is 0. The molecule has 0 radical (unpaired) electrons. The molecule has 1 fully saturated rings. The highest BCUT2D eigenvalue weighted by Crippen LogP contribution is 2.33. The topological polar surface area (TPSA) is 93.2 Å². The van der Waals surface area contributed by atoms with E-state index in [0.29, 0.717) is 6.42 Å². The molecule has 0 unspecified atom stereocenters. The first-order valence-corrected chi connectivity index (χ1v) is 14.7. The molecule has 2 aromatic carbocycles. The van der Waals surface area contributed by atoms with E-state index in [2.05, 4.69) is 0 Å². The van der Waals surface area contributed by atoms with E-state index in [1.54, 1.807) is 24.3 Å². The largest absolute Gasteiger partial charge is 0.495 e. The van der Waals surface area contributed by atoms with Crippen LogP contribution in [0.5, 0.6) is 11.5 Å². The average Bonchev–Trinajstić information content (AvgIpc) is 3.10. The molecule has 0 atom stereocenters.